The number of benzene rings is 1. The highest BCUT2D eigenvalue weighted by Crippen LogP contribution is 2.13. The van der Waals surface area contributed by atoms with E-state index in [-0.39, 0.29) is 5.97 Å². The van der Waals surface area contributed by atoms with E-state index in [4.69, 9.17) is 24.5 Å². The Labute approximate surface area is 152 Å². The molecule has 0 aliphatic carbocycles. The fraction of sp³-hybridized carbons (Fsp3) is 0.500. The first-order chi connectivity index (χ1) is 12.4. The van der Waals surface area contributed by atoms with Crippen molar-refractivity contribution in [1.82, 2.24) is 4.90 Å². The fourth-order valence-corrected chi connectivity index (χ4v) is 2.46. The average molecular weight is 367 g/mol. The van der Waals surface area contributed by atoms with Crippen LogP contribution in [-0.4, -0.2) is 66.4 Å². The number of esters is 1. The molecule has 0 saturated carbocycles. The van der Waals surface area contributed by atoms with Crippen molar-refractivity contribution < 1.29 is 34.1 Å². The molecule has 2 N–H and O–H groups in total. The van der Waals surface area contributed by atoms with E-state index in [2.05, 4.69) is 9.64 Å². The number of likely N-dealkylation sites (tertiary alicyclic amines) is 1. The summed E-state index contributed by atoms with van der Waals surface area (Å²) in [5.41, 5.74) is 0.548. The predicted molar refractivity (Wildman–Crippen MR) is 93.5 cm³/mol. The summed E-state index contributed by atoms with van der Waals surface area (Å²) in [5, 5.41) is 14.8. The normalized spacial score (nSPS) is 14.3. The Hall–Kier alpha value is -2.61. The van der Waals surface area contributed by atoms with Gasteiger partial charge in [-0.15, -0.1) is 0 Å². The number of nitrogens with zero attached hydrogens (tertiary/aromatic N) is 1. The Morgan fingerprint density at radius 1 is 0.962 bits per heavy atom. The zero-order valence-electron chi connectivity index (χ0n) is 14.8. The molecule has 0 amide bonds. The van der Waals surface area contributed by atoms with Crippen LogP contribution in [0.1, 0.15) is 36.0 Å². The minimum Gasteiger partial charge on any atom is -0.492 e. The van der Waals surface area contributed by atoms with Gasteiger partial charge in [-0.1, -0.05) is 12.8 Å². The molecule has 1 fully saturated rings. The van der Waals surface area contributed by atoms with Gasteiger partial charge in [0.1, 0.15) is 12.4 Å². The van der Waals surface area contributed by atoms with Gasteiger partial charge in [0, 0.05) is 6.54 Å². The van der Waals surface area contributed by atoms with Crippen molar-refractivity contribution in [3.63, 3.8) is 0 Å². The Balaban J connectivity index is 0.000000487. The highest BCUT2D eigenvalue weighted by Gasteiger charge is 2.09. The molecule has 1 aliphatic rings. The standard InChI is InChI=1S/C16H23NO3.C2H2O4/c1-19-16(18)14-6-8-15(9-7-14)20-13-12-17-10-4-2-3-5-11-17;3-1(4)2(5)6/h6-9H,2-5,10-13H2,1H3;(H,3,4)(H,5,6). The molecule has 0 spiro atoms. The molecule has 1 aliphatic heterocycles. The third-order valence-electron chi connectivity index (χ3n) is 3.83. The monoisotopic (exact) mass is 367 g/mol. The molecular weight excluding hydrogens is 342 g/mol. The minimum atomic E-state index is -1.82. The van der Waals surface area contributed by atoms with Crippen molar-refractivity contribution in [2.75, 3.05) is 33.4 Å². The minimum absolute atomic E-state index is 0.318. The van der Waals surface area contributed by atoms with Crippen molar-refractivity contribution in [2.24, 2.45) is 0 Å². The first-order valence-corrected chi connectivity index (χ1v) is 8.43. The zero-order chi connectivity index (χ0) is 19.4. The molecular formula is C18H25NO7. The lowest BCUT2D eigenvalue weighted by atomic mass is 10.2. The molecule has 0 aromatic heterocycles. The second-order valence-corrected chi connectivity index (χ2v) is 5.73. The number of methoxy groups -OCH3 is 1. The van der Waals surface area contributed by atoms with Crippen LogP contribution in [-0.2, 0) is 14.3 Å². The van der Waals surface area contributed by atoms with Gasteiger partial charge in [-0.25, -0.2) is 14.4 Å². The lowest BCUT2D eigenvalue weighted by molar-refractivity contribution is -0.159. The number of carboxylic acids is 2. The lowest BCUT2D eigenvalue weighted by Crippen LogP contribution is -2.29. The predicted octanol–water partition coefficient (Wildman–Crippen LogP) is 1.88. The molecule has 8 heteroatoms. The van der Waals surface area contributed by atoms with Crippen molar-refractivity contribution in [3.05, 3.63) is 29.8 Å². The van der Waals surface area contributed by atoms with Crippen LogP contribution in [0.25, 0.3) is 0 Å². The third-order valence-corrected chi connectivity index (χ3v) is 3.83. The van der Waals surface area contributed by atoms with E-state index < -0.39 is 11.9 Å². The summed E-state index contributed by atoms with van der Waals surface area (Å²) in [5.74, 6) is -3.17. The van der Waals surface area contributed by atoms with E-state index in [1.807, 2.05) is 12.1 Å². The second kappa shape index (κ2) is 11.9. The van der Waals surface area contributed by atoms with Gasteiger partial charge in [-0.3, -0.25) is 4.90 Å². The smallest absolute Gasteiger partial charge is 0.414 e. The van der Waals surface area contributed by atoms with Crippen LogP contribution in [0.15, 0.2) is 24.3 Å². The van der Waals surface area contributed by atoms with E-state index in [9.17, 15) is 4.79 Å². The van der Waals surface area contributed by atoms with Gasteiger partial charge in [-0.05, 0) is 50.2 Å². The Morgan fingerprint density at radius 3 is 1.96 bits per heavy atom. The van der Waals surface area contributed by atoms with Crippen LogP contribution in [0.2, 0.25) is 0 Å². The fourth-order valence-electron chi connectivity index (χ4n) is 2.46. The van der Waals surface area contributed by atoms with Gasteiger partial charge in [0.25, 0.3) is 0 Å². The first kappa shape index (κ1) is 21.4. The third kappa shape index (κ3) is 8.48. The number of hydrogen-bond donors (Lipinski definition) is 2. The van der Waals surface area contributed by atoms with Crippen molar-refractivity contribution in [1.29, 1.82) is 0 Å². The largest absolute Gasteiger partial charge is 0.492 e. The molecule has 2 rings (SSSR count). The summed E-state index contributed by atoms with van der Waals surface area (Å²) >= 11 is 0. The van der Waals surface area contributed by atoms with Crippen LogP contribution in [0.3, 0.4) is 0 Å². The number of carbonyl (C=O) groups excluding carboxylic acids is 1. The number of ether oxygens (including phenoxy) is 2. The van der Waals surface area contributed by atoms with Crippen LogP contribution in [0.4, 0.5) is 0 Å². The van der Waals surface area contributed by atoms with Gasteiger partial charge in [0.05, 0.1) is 12.7 Å². The summed E-state index contributed by atoms with van der Waals surface area (Å²) in [7, 11) is 1.38. The molecule has 8 nitrogen and oxygen atoms in total. The first-order valence-electron chi connectivity index (χ1n) is 8.43. The highest BCUT2D eigenvalue weighted by molar-refractivity contribution is 6.27. The van der Waals surface area contributed by atoms with Gasteiger partial charge < -0.3 is 19.7 Å². The summed E-state index contributed by atoms with van der Waals surface area (Å²) in [6.45, 7) is 4.03. The number of carbonyl (C=O) groups is 3. The quantitative estimate of drug-likeness (QED) is 0.599. The molecule has 1 aromatic rings. The lowest BCUT2D eigenvalue weighted by Gasteiger charge is -2.19. The molecule has 1 aromatic carbocycles. The Bertz CT molecular complexity index is 566. The molecule has 26 heavy (non-hydrogen) atoms. The van der Waals surface area contributed by atoms with Crippen molar-refractivity contribution >= 4 is 17.9 Å². The summed E-state index contributed by atoms with van der Waals surface area (Å²) in [6.07, 6.45) is 5.31. The van der Waals surface area contributed by atoms with Crippen LogP contribution in [0.5, 0.6) is 5.75 Å². The van der Waals surface area contributed by atoms with E-state index in [1.54, 1.807) is 12.1 Å². The van der Waals surface area contributed by atoms with E-state index in [1.165, 1.54) is 45.9 Å². The molecule has 0 atom stereocenters. The summed E-state index contributed by atoms with van der Waals surface area (Å²) in [6, 6.07) is 7.09. The summed E-state index contributed by atoms with van der Waals surface area (Å²) in [4.78, 5) is 32.0. The number of aliphatic carboxylic acids is 2. The van der Waals surface area contributed by atoms with Gasteiger partial charge in [0.2, 0.25) is 0 Å². The Kier molecular flexibility index (Phi) is 9.78. The summed E-state index contributed by atoms with van der Waals surface area (Å²) < 4.78 is 10.4. The van der Waals surface area contributed by atoms with Crippen molar-refractivity contribution in [3.8, 4) is 5.75 Å². The number of hydrogen-bond acceptors (Lipinski definition) is 6. The van der Waals surface area contributed by atoms with E-state index >= 15 is 0 Å². The maximum atomic E-state index is 11.3. The molecule has 0 unspecified atom stereocenters. The maximum absolute atomic E-state index is 11.3. The van der Waals surface area contributed by atoms with E-state index in [0.29, 0.717) is 12.2 Å². The highest BCUT2D eigenvalue weighted by atomic mass is 16.5. The average Bonchev–Trinajstić information content (AvgIpc) is 2.91. The van der Waals surface area contributed by atoms with Gasteiger partial charge in [-0.2, -0.15) is 0 Å². The van der Waals surface area contributed by atoms with Gasteiger partial charge in [0.15, 0.2) is 0 Å². The van der Waals surface area contributed by atoms with Gasteiger partial charge >= 0.3 is 17.9 Å². The molecule has 0 bridgehead atoms. The molecule has 1 saturated heterocycles. The number of rotatable bonds is 5. The molecule has 1 heterocycles. The topological polar surface area (TPSA) is 113 Å². The SMILES string of the molecule is COC(=O)c1ccc(OCCN2CCCCCC2)cc1.O=C(O)C(=O)O. The maximum Gasteiger partial charge on any atom is 0.414 e. The molecule has 0 radical (unpaired) electrons. The molecule has 144 valence electrons. The Morgan fingerprint density at radius 2 is 1.50 bits per heavy atom. The number of carboxylic acid groups (broad SMARTS) is 2. The van der Waals surface area contributed by atoms with Crippen molar-refractivity contribution in [2.45, 2.75) is 25.7 Å². The zero-order valence-corrected chi connectivity index (χ0v) is 14.8. The van der Waals surface area contributed by atoms with Crippen LogP contribution >= 0.6 is 0 Å². The van der Waals surface area contributed by atoms with Crippen LogP contribution in [0, 0.1) is 0 Å². The van der Waals surface area contributed by atoms with E-state index in [0.717, 1.165) is 12.3 Å². The van der Waals surface area contributed by atoms with Crippen LogP contribution < -0.4 is 4.74 Å². The second-order valence-electron chi connectivity index (χ2n) is 5.73.